The van der Waals surface area contributed by atoms with Gasteiger partial charge in [-0.25, -0.2) is 4.98 Å². The maximum atomic E-state index is 12.3. The van der Waals surface area contributed by atoms with Gasteiger partial charge in [0.2, 0.25) is 5.95 Å². The highest BCUT2D eigenvalue weighted by atomic mass is 19.4. The number of rotatable bonds is 2. The summed E-state index contributed by atoms with van der Waals surface area (Å²) < 4.78 is 36.8. The Morgan fingerprint density at radius 1 is 1.26 bits per heavy atom. The van der Waals surface area contributed by atoms with E-state index in [0.29, 0.717) is 37.9 Å². The minimum atomic E-state index is -4.15. The summed E-state index contributed by atoms with van der Waals surface area (Å²) in [4.78, 5) is 11.5. The Balaban J connectivity index is 1.94. The first-order valence-corrected chi connectivity index (χ1v) is 5.98. The van der Waals surface area contributed by atoms with Crippen LogP contribution >= 0.6 is 0 Å². The van der Waals surface area contributed by atoms with Crippen molar-refractivity contribution in [2.45, 2.75) is 13.1 Å². The average molecular weight is 275 g/mol. The molecule has 5 nitrogen and oxygen atoms in total. The highest BCUT2D eigenvalue weighted by Gasteiger charge is 2.32. The zero-order valence-corrected chi connectivity index (χ0v) is 10.6. The second-order valence-corrected chi connectivity index (χ2v) is 4.62. The lowest BCUT2D eigenvalue weighted by atomic mass is 10.3. The van der Waals surface area contributed by atoms with Crippen LogP contribution in [-0.4, -0.2) is 53.8 Å². The summed E-state index contributed by atoms with van der Waals surface area (Å²) in [6.45, 7) is 2.57. The zero-order valence-electron chi connectivity index (χ0n) is 10.6. The number of nitrogens with zero attached hydrogens (tertiary/aromatic N) is 4. The van der Waals surface area contributed by atoms with Gasteiger partial charge in [0.25, 0.3) is 0 Å². The molecule has 0 aromatic carbocycles. The number of piperazine rings is 1. The lowest BCUT2D eigenvalue weighted by Gasteiger charge is -2.35. The SMILES string of the molecule is Cc1cnc(N2CCN(CC(F)(F)F)CC2)nc1N. The van der Waals surface area contributed by atoms with E-state index in [1.165, 1.54) is 4.90 Å². The number of alkyl halides is 3. The van der Waals surface area contributed by atoms with Crippen LogP contribution in [-0.2, 0) is 0 Å². The quantitative estimate of drug-likeness (QED) is 0.874. The lowest BCUT2D eigenvalue weighted by Crippen LogP contribution is -2.49. The maximum Gasteiger partial charge on any atom is 0.401 e. The van der Waals surface area contributed by atoms with Crippen LogP contribution in [0.1, 0.15) is 5.56 Å². The van der Waals surface area contributed by atoms with E-state index in [2.05, 4.69) is 9.97 Å². The van der Waals surface area contributed by atoms with E-state index >= 15 is 0 Å². The van der Waals surface area contributed by atoms with Crippen molar-refractivity contribution in [3.8, 4) is 0 Å². The van der Waals surface area contributed by atoms with Crippen LogP contribution in [0.25, 0.3) is 0 Å². The summed E-state index contributed by atoms with van der Waals surface area (Å²) in [5, 5.41) is 0. The topological polar surface area (TPSA) is 58.3 Å². The van der Waals surface area contributed by atoms with Crippen LogP contribution in [0.3, 0.4) is 0 Å². The van der Waals surface area contributed by atoms with Crippen molar-refractivity contribution < 1.29 is 13.2 Å². The molecule has 1 saturated heterocycles. The van der Waals surface area contributed by atoms with Crippen molar-refractivity contribution in [2.75, 3.05) is 43.4 Å². The van der Waals surface area contributed by atoms with Gasteiger partial charge >= 0.3 is 6.18 Å². The Hall–Kier alpha value is -1.57. The van der Waals surface area contributed by atoms with Crippen LogP contribution in [0.2, 0.25) is 0 Å². The number of aryl methyl sites for hydroxylation is 1. The van der Waals surface area contributed by atoms with E-state index in [9.17, 15) is 13.2 Å². The highest BCUT2D eigenvalue weighted by Crippen LogP contribution is 2.19. The molecule has 0 spiro atoms. The average Bonchev–Trinajstić information content (AvgIpc) is 2.32. The van der Waals surface area contributed by atoms with E-state index in [0.717, 1.165) is 5.56 Å². The summed E-state index contributed by atoms with van der Waals surface area (Å²) in [5.74, 6) is 0.887. The molecule has 1 fully saturated rings. The molecule has 0 aliphatic carbocycles. The zero-order chi connectivity index (χ0) is 14.0. The maximum absolute atomic E-state index is 12.3. The predicted molar refractivity (Wildman–Crippen MR) is 65.9 cm³/mol. The smallest absolute Gasteiger partial charge is 0.383 e. The number of hydrogen-bond donors (Lipinski definition) is 1. The molecule has 1 aromatic rings. The first kappa shape index (κ1) is 13.9. The molecule has 0 bridgehead atoms. The van der Waals surface area contributed by atoms with Crippen LogP contribution < -0.4 is 10.6 Å². The van der Waals surface area contributed by atoms with E-state index in [4.69, 9.17) is 5.73 Å². The first-order valence-electron chi connectivity index (χ1n) is 5.98. The normalized spacial score (nSPS) is 17.8. The molecule has 0 atom stereocenters. The molecule has 0 unspecified atom stereocenters. The third-order valence-corrected chi connectivity index (χ3v) is 3.06. The Morgan fingerprint density at radius 2 is 1.89 bits per heavy atom. The fourth-order valence-electron chi connectivity index (χ4n) is 1.96. The van der Waals surface area contributed by atoms with Gasteiger partial charge < -0.3 is 10.6 Å². The van der Waals surface area contributed by atoms with Gasteiger partial charge in [0.15, 0.2) is 0 Å². The lowest BCUT2D eigenvalue weighted by molar-refractivity contribution is -0.146. The Morgan fingerprint density at radius 3 is 2.42 bits per heavy atom. The summed E-state index contributed by atoms with van der Waals surface area (Å²) in [5.41, 5.74) is 6.49. The van der Waals surface area contributed by atoms with Crippen molar-refractivity contribution in [1.29, 1.82) is 0 Å². The van der Waals surface area contributed by atoms with Crippen molar-refractivity contribution in [2.24, 2.45) is 0 Å². The summed E-state index contributed by atoms with van der Waals surface area (Å²) in [6, 6.07) is 0. The monoisotopic (exact) mass is 275 g/mol. The standard InChI is InChI=1S/C11H16F3N5/c1-8-6-16-10(17-9(8)15)19-4-2-18(3-5-19)7-11(12,13)14/h6H,2-5,7H2,1H3,(H2,15,16,17). The molecule has 0 saturated carbocycles. The van der Waals surface area contributed by atoms with Gasteiger partial charge in [-0.05, 0) is 6.92 Å². The number of aromatic nitrogens is 2. The van der Waals surface area contributed by atoms with Gasteiger partial charge in [-0.2, -0.15) is 18.2 Å². The Labute approximate surface area is 109 Å². The summed E-state index contributed by atoms with van der Waals surface area (Å²) in [6.07, 6.45) is -2.52. The van der Waals surface area contributed by atoms with Crippen LogP contribution in [0.5, 0.6) is 0 Å². The highest BCUT2D eigenvalue weighted by molar-refractivity contribution is 5.43. The van der Waals surface area contributed by atoms with Crippen molar-refractivity contribution in [3.63, 3.8) is 0 Å². The van der Waals surface area contributed by atoms with Crippen LogP contribution in [0.15, 0.2) is 6.20 Å². The number of nitrogens with two attached hydrogens (primary N) is 1. The Kier molecular flexibility index (Phi) is 3.79. The molecule has 2 heterocycles. The van der Waals surface area contributed by atoms with E-state index in [1.807, 2.05) is 4.90 Å². The van der Waals surface area contributed by atoms with Gasteiger partial charge in [-0.1, -0.05) is 0 Å². The van der Waals surface area contributed by atoms with Crippen molar-refractivity contribution >= 4 is 11.8 Å². The third-order valence-electron chi connectivity index (χ3n) is 3.06. The Bertz CT molecular complexity index is 440. The minimum absolute atomic E-state index is 0.344. The molecular weight excluding hydrogens is 259 g/mol. The molecule has 1 aliphatic heterocycles. The fourth-order valence-corrected chi connectivity index (χ4v) is 1.96. The van der Waals surface area contributed by atoms with E-state index in [1.54, 1.807) is 13.1 Å². The molecule has 1 aliphatic rings. The van der Waals surface area contributed by atoms with Crippen molar-refractivity contribution in [1.82, 2.24) is 14.9 Å². The van der Waals surface area contributed by atoms with Gasteiger partial charge in [0, 0.05) is 37.9 Å². The van der Waals surface area contributed by atoms with Gasteiger partial charge in [0.05, 0.1) is 6.54 Å². The van der Waals surface area contributed by atoms with E-state index in [-0.39, 0.29) is 0 Å². The number of hydrogen-bond acceptors (Lipinski definition) is 5. The molecule has 106 valence electrons. The fraction of sp³-hybridized carbons (Fsp3) is 0.636. The van der Waals surface area contributed by atoms with Crippen LogP contribution in [0, 0.1) is 6.92 Å². The first-order chi connectivity index (χ1) is 8.85. The molecule has 0 radical (unpaired) electrons. The predicted octanol–water partition coefficient (Wildman–Crippen LogP) is 1.05. The molecule has 1 aromatic heterocycles. The van der Waals surface area contributed by atoms with Gasteiger partial charge in [0.1, 0.15) is 5.82 Å². The molecular formula is C11H16F3N5. The molecule has 0 amide bonds. The summed E-state index contributed by atoms with van der Waals surface area (Å²) >= 11 is 0. The van der Waals surface area contributed by atoms with E-state index < -0.39 is 12.7 Å². The molecule has 19 heavy (non-hydrogen) atoms. The minimum Gasteiger partial charge on any atom is -0.383 e. The number of nitrogen functional groups attached to an aromatic ring is 1. The molecule has 8 heteroatoms. The van der Waals surface area contributed by atoms with Crippen molar-refractivity contribution in [3.05, 3.63) is 11.8 Å². The number of anilines is 2. The third kappa shape index (κ3) is 3.69. The molecule has 2 rings (SSSR count). The largest absolute Gasteiger partial charge is 0.401 e. The summed E-state index contributed by atoms with van der Waals surface area (Å²) in [7, 11) is 0. The second kappa shape index (κ2) is 5.20. The second-order valence-electron chi connectivity index (χ2n) is 4.62. The van der Waals surface area contributed by atoms with Crippen LogP contribution in [0.4, 0.5) is 24.9 Å². The van der Waals surface area contributed by atoms with Gasteiger partial charge in [-0.3, -0.25) is 4.90 Å². The molecule has 2 N–H and O–H groups in total. The number of halogens is 3. The van der Waals surface area contributed by atoms with Gasteiger partial charge in [-0.15, -0.1) is 0 Å².